The topological polar surface area (TPSA) is 12.0 Å². The van der Waals surface area contributed by atoms with E-state index in [0.29, 0.717) is 5.56 Å². The summed E-state index contributed by atoms with van der Waals surface area (Å²) in [7, 11) is 0. The molecule has 2 aromatic carbocycles. The lowest BCUT2D eigenvalue weighted by atomic mass is 10.0. The second-order valence-corrected chi connectivity index (χ2v) is 5.22. The van der Waals surface area contributed by atoms with E-state index in [1.54, 1.807) is 0 Å². The van der Waals surface area contributed by atoms with Gasteiger partial charge in [-0.15, -0.1) is 0 Å². The minimum atomic E-state index is -0.545. The van der Waals surface area contributed by atoms with Gasteiger partial charge < -0.3 is 5.32 Å². The third-order valence-electron chi connectivity index (χ3n) is 3.46. The summed E-state index contributed by atoms with van der Waals surface area (Å²) in [5.74, 6) is -1.09. The van der Waals surface area contributed by atoms with Crippen LogP contribution in [0.4, 0.5) is 8.78 Å². The maximum atomic E-state index is 13.2. The smallest absolute Gasteiger partial charge is 0.126 e. The van der Waals surface area contributed by atoms with Crippen LogP contribution in [0, 0.1) is 18.6 Å². The Morgan fingerprint density at radius 2 is 1.30 bits per heavy atom. The predicted molar refractivity (Wildman–Crippen MR) is 77.5 cm³/mol. The van der Waals surface area contributed by atoms with Gasteiger partial charge >= 0.3 is 0 Å². The predicted octanol–water partition coefficient (Wildman–Crippen LogP) is 4.69. The average molecular weight is 275 g/mol. The lowest BCUT2D eigenvalue weighted by molar-refractivity contribution is 0.487. The Morgan fingerprint density at radius 3 is 1.85 bits per heavy atom. The van der Waals surface area contributed by atoms with Crippen LogP contribution in [0.2, 0.25) is 0 Å². The third-order valence-corrected chi connectivity index (χ3v) is 3.46. The van der Waals surface area contributed by atoms with Crippen molar-refractivity contribution in [1.82, 2.24) is 5.32 Å². The van der Waals surface area contributed by atoms with Crippen molar-refractivity contribution in [3.05, 3.63) is 70.8 Å². The third kappa shape index (κ3) is 3.64. The largest absolute Gasteiger partial charge is 0.304 e. The molecule has 2 aromatic rings. The van der Waals surface area contributed by atoms with E-state index in [2.05, 4.69) is 29.6 Å². The number of halogens is 2. The fourth-order valence-electron chi connectivity index (χ4n) is 2.25. The summed E-state index contributed by atoms with van der Waals surface area (Å²) in [5.41, 5.74) is 2.97. The van der Waals surface area contributed by atoms with Crippen LogP contribution in [0.5, 0.6) is 0 Å². The average Bonchev–Trinajstić information content (AvgIpc) is 2.38. The van der Waals surface area contributed by atoms with E-state index in [4.69, 9.17) is 0 Å². The van der Waals surface area contributed by atoms with Gasteiger partial charge in [-0.2, -0.15) is 0 Å². The Morgan fingerprint density at radius 1 is 0.800 bits per heavy atom. The van der Waals surface area contributed by atoms with Crippen molar-refractivity contribution >= 4 is 0 Å². The molecule has 0 spiro atoms. The van der Waals surface area contributed by atoms with Crippen LogP contribution in [0.1, 0.15) is 42.6 Å². The Bertz CT molecular complexity index is 558. The molecule has 0 saturated carbocycles. The summed E-state index contributed by atoms with van der Waals surface area (Å²) in [6, 6.07) is 11.8. The maximum Gasteiger partial charge on any atom is 0.126 e. The van der Waals surface area contributed by atoms with E-state index in [1.165, 1.54) is 17.7 Å². The van der Waals surface area contributed by atoms with Crippen LogP contribution in [-0.4, -0.2) is 0 Å². The number of benzene rings is 2. The van der Waals surface area contributed by atoms with Gasteiger partial charge in [0.1, 0.15) is 11.6 Å². The zero-order valence-corrected chi connectivity index (χ0v) is 12.0. The molecule has 0 fully saturated rings. The minimum Gasteiger partial charge on any atom is -0.304 e. The second kappa shape index (κ2) is 6.14. The lowest BCUT2D eigenvalue weighted by Crippen LogP contribution is -2.22. The van der Waals surface area contributed by atoms with Gasteiger partial charge in [0, 0.05) is 18.2 Å². The Balaban J connectivity index is 2.10. The summed E-state index contributed by atoms with van der Waals surface area (Å²) >= 11 is 0. The molecule has 0 aromatic heterocycles. The van der Waals surface area contributed by atoms with Gasteiger partial charge in [-0.05, 0) is 44.0 Å². The fraction of sp³-hybridized carbons (Fsp3) is 0.294. The quantitative estimate of drug-likeness (QED) is 0.854. The van der Waals surface area contributed by atoms with Crippen LogP contribution >= 0.6 is 0 Å². The Kier molecular flexibility index (Phi) is 4.50. The molecule has 0 aliphatic heterocycles. The Hall–Kier alpha value is -1.74. The molecule has 2 rings (SSSR count). The minimum absolute atomic E-state index is 0.108. The van der Waals surface area contributed by atoms with Crippen molar-refractivity contribution in [2.75, 3.05) is 0 Å². The van der Waals surface area contributed by atoms with E-state index in [1.807, 2.05) is 20.8 Å². The molecule has 0 bridgehead atoms. The highest BCUT2D eigenvalue weighted by Gasteiger charge is 2.12. The van der Waals surface area contributed by atoms with Gasteiger partial charge in [0.15, 0.2) is 0 Å². The molecule has 1 nitrogen and oxygen atoms in total. The molecule has 0 saturated heterocycles. The van der Waals surface area contributed by atoms with Crippen molar-refractivity contribution in [3.63, 3.8) is 0 Å². The normalized spacial score (nSPS) is 14.1. The molecule has 0 aliphatic rings. The maximum absolute atomic E-state index is 13.2. The van der Waals surface area contributed by atoms with Crippen LogP contribution in [0.15, 0.2) is 42.5 Å². The van der Waals surface area contributed by atoms with Crippen LogP contribution < -0.4 is 5.32 Å². The van der Waals surface area contributed by atoms with Crippen molar-refractivity contribution in [1.29, 1.82) is 0 Å². The van der Waals surface area contributed by atoms with Gasteiger partial charge in [-0.25, -0.2) is 8.78 Å². The fourth-order valence-corrected chi connectivity index (χ4v) is 2.25. The summed E-state index contributed by atoms with van der Waals surface area (Å²) < 4.78 is 26.5. The Labute approximate surface area is 118 Å². The van der Waals surface area contributed by atoms with Gasteiger partial charge in [0.05, 0.1) is 0 Å². The summed E-state index contributed by atoms with van der Waals surface area (Å²) in [6.07, 6.45) is 0. The highest BCUT2D eigenvalue weighted by molar-refractivity contribution is 5.25. The molecule has 0 heterocycles. The van der Waals surface area contributed by atoms with Gasteiger partial charge in [0.2, 0.25) is 0 Å². The van der Waals surface area contributed by atoms with E-state index in [-0.39, 0.29) is 12.1 Å². The van der Waals surface area contributed by atoms with Crippen LogP contribution in [-0.2, 0) is 0 Å². The second-order valence-electron chi connectivity index (χ2n) is 5.22. The molecule has 20 heavy (non-hydrogen) atoms. The first kappa shape index (κ1) is 14.7. The number of hydrogen-bond donors (Lipinski definition) is 1. The molecule has 0 aliphatic carbocycles. The molecular weight excluding hydrogens is 256 g/mol. The van der Waals surface area contributed by atoms with Gasteiger partial charge in [-0.1, -0.05) is 29.8 Å². The van der Waals surface area contributed by atoms with E-state index < -0.39 is 11.6 Å². The number of rotatable bonds is 4. The van der Waals surface area contributed by atoms with Gasteiger partial charge in [0.25, 0.3) is 0 Å². The highest BCUT2D eigenvalue weighted by atomic mass is 19.1. The highest BCUT2D eigenvalue weighted by Crippen LogP contribution is 2.21. The number of hydrogen-bond acceptors (Lipinski definition) is 1. The lowest BCUT2D eigenvalue weighted by Gasteiger charge is -2.21. The van der Waals surface area contributed by atoms with Gasteiger partial charge in [-0.3, -0.25) is 0 Å². The molecule has 2 atom stereocenters. The molecular formula is C17H19F2N. The molecule has 1 N–H and O–H groups in total. The first-order valence-corrected chi connectivity index (χ1v) is 6.74. The van der Waals surface area contributed by atoms with Crippen LogP contribution in [0.25, 0.3) is 0 Å². The monoisotopic (exact) mass is 275 g/mol. The van der Waals surface area contributed by atoms with Crippen LogP contribution in [0.3, 0.4) is 0 Å². The zero-order valence-electron chi connectivity index (χ0n) is 12.0. The molecule has 1 unspecified atom stereocenters. The van der Waals surface area contributed by atoms with E-state index in [9.17, 15) is 8.78 Å². The molecule has 3 heteroatoms. The summed E-state index contributed by atoms with van der Waals surface area (Å²) in [4.78, 5) is 0. The zero-order chi connectivity index (χ0) is 14.7. The molecule has 106 valence electrons. The van der Waals surface area contributed by atoms with Crippen molar-refractivity contribution in [2.24, 2.45) is 0 Å². The first-order chi connectivity index (χ1) is 9.45. The van der Waals surface area contributed by atoms with Crippen molar-refractivity contribution < 1.29 is 8.78 Å². The number of nitrogens with one attached hydrogen (secondary N) is 1. The standard InChI is InChI=1S/C17H19F2N/c1-11-4-6-14(7-5-11)12(2)20-13(3)15-8-16(18)10-17(19)9-15/h4-10,12-13,20H,1-3H3/t12-,13?/m0/s1. The SMILES string of the molecule is Cc1ccc([C@H](C)NC(C)c2cc(F)cc(F)c2)cc1. The van der Waals surface area contributed by atoms with E-state index in [0.717, 1.165) is 11.6 Å². The summed E-state index contributed by atoms with van der Waals surface area (Å²) in [6.45, 7) is 5.98. The van der Waals surface area contributed by atoms with Crippen molar-refractivity contribution in [2.45, 2.75) is 32.9 Å². The molecule has 0 radical (unpaired) electrons. The first-order valence-electron chi connectivity index (χ1n) is 6.74. The molecule has 0 amide bonds. The number of aryl methyl sites for hydroxylation is 1. The van der Waals surface area contributed by atoms with Crippen molar-refractivity contribution in [3.8, 4) is 0 Å². The summed E-state index contributed by atoms with van der Waals surface area (Å²) in [5, 5.41) is 3.35. The van der Waals surface area contributed by atoms with E-state index >= 15 is 0 Å².